The third-order valence-electron chi connectivity index (χ3n) is 4.47. The zero-order chi connectivity index (χ0) is 14.3. The van der Waals surface area contributed by atoms with Gasteiger partial charge in [0.25, 0.3) is 0 Å². The predicted molar refractivity (Wildman–Crippen MR) is 77.5 cm³/mol. The Labute approximate surface area is 123 Å². The lowest BCUT2D eigenvalue weighted by atomic mass is 9.89. The maximum atomic E-state index is 6.17. The van der Waals surface area contributed by atoms with Crippen LogP contribution in [0.25, 0.3) is 5.65 Å². The van der Waals surface area contributed by atoms with Crippen LogP contribution in [0.5, 0.6) is 5.88 Å². The van der Waals surface area contributed by atoms with Gasteiger partial charge in [0, 0.05) is 12.5 Å². The second kappa shape index (κ2) is 4.96. The van der Waals surface area contributed by atoms with Gasteiger partial charge in [-0.25, -0.2) is 4.98 Å². The van der Waals surface area contributed by atoms with E-state index in [0.717, 1.165) is 49.4 Å². The molecule has 2 saturated heterocycles. The second-order valence-electron chi connectivity index (χ2n) is 6.09. The molecule has 1 spiro atoms. The van der Waals surface area contributed by atoms with E-state index in [1.165, 1.54) is 0 Å². The summed E-state index contributed by atoms with van der Waals surface area (Å²) >= 11 is 0. The van der Waals surface area contributed by atoms with E-state index in [0.29, 0.717) is 6.61 Å². The molecule has 0 amide bonds. The number of fused-ring (bicyclic) bond motifs is 1. The Morgan fingerprint density at radius 1 is 1.38 bits per heavy atom. The largest absolute Gasteiger partial charge is 0.472 e. The highest BCUT2D eigenvalue weighted by atomic mass is 16.6. The SMILES string of the molecule is Cc1cc(OC2COC3(CCNCC3)C2)n2ncnc2c1. The fraction of sp³-hybridized carbons (Fsp3) is 0.600. The molecule has 1 unspecified atom stereocenters. The van der Waals surface area contributed by atoms with Crippen LogP contribution in [-0.4, -0.2) is 46.0 Å². The Balaban J connectivity index is 1.54. The van der Waals surface area contributed by atoms with E-state index in [9.17, 15) is 0 Å². The molecule has 0 saturated carbocycles. The average Bonchev–Trinajstić information content (AvgIpc) is 3.07. The Morgan fingerprint density at radius 2 is 2.24 bits per heavy atom. The standard InChI is InChI=1S/C15H20N4O2/c1-11-6-13-17-10-18-19(13)14(7-11)21-12-8-15(20-9-12)2-4-16-5-3-15/h6-7,10,12,16H,2-5,8-9H2,1H3. The van der Waals surface area contributed by atoms with Crippen LogP contribution in [0.4, 0.5) is 0 Å². The smallest absolute Gasteiger partial charge is 0.217 e. The second-order valence-corrected chi connectivity index (χ2v) is 6.09. The number of ether oxygens (including phenoxy) is 2. The van der Waals surface area contributed by atoms with Gasteiger partial charge in [0.2, 0.25) is 5.88 Å². The van der Waals surface area contributed by atoms with Crippen LogP contribution in [0.2, 0.25) is 0 Å². The summed E-state index contributed by atoms with van der Waals surface area (Å²) in [6, 6.07) is 4.01. The van der Waals surface area contributed by atoms with Crippen LogP contribution in [0, 0.1) is 6.92 Å². The van der Waals surface area contributed by atoms with Crippen molar-refractivity contribution in [1.82, 2.24) is 19.9 Å². The fourth-order valence-corrected chi connectivity index (χ4v) is 3.38. The first-order valence-electron chi connectivity index (χ1n) is 7.56. The number of aromatic nitrogens is 3. The molecule has 1 N–H and O–H groups in total. The molecule has 0 bridgehead atoms. The highest BCUT2D eigenvalue weighted by Crippen LogP contribution is 2.35. The topological polar surface area (TPSA) is 60.7 Å². The number of aryl methyl sites for hydroxylation is 1. The van der Waals surface area contributed by atoms with Crippen LogP contribution in [0.3, 0.4) is 0 Å². The van der Waals surface area contributed by atoms with Gasteiger partial charge in [-0.1, -0.05) is 0 Å². The molecule has 1 atom stereocenters. The highest BCUT2D eigenvalue weighted by molar-refractivity contribution is 5.43. The minimum Gasteiger partial charge on any atom is -0.472 e. The number of nitrogens with one attached hydrogen (secondary N) is 1. The molecular weight excluding hydrogens is 268 g/mol. The molecule has 2 aliphatic rings. The van der Waals surface area contributed by atoms with E-state index < -0.39 is 0 Å². The third-order valence-corrected chi connectivity index (χ3v) is 4.47. The van der Waals surface area contributed by atoms with Crippen molar-refractivity contribution in [2.24, 2.45) is 0 Å². The predicted octanol–water partition coefficient (Wildman–Crippen LogP) is 1.33. The summed E-state index contributed by atoms with van der Waals surface area (Å²) in [7, 11) is 0. The van der Waals surface area contributed by atoms with Gasteiger partial charge in [0.1, 0.15) is 12.4 Å². The fourth-order valence-electron chi connectivity index (χ4n) is 3.38. The summed E-state index contributed by atoms with van der Waals surface area (Å²) in [6.45, 7) is 4.76. The van der Waals surface area contributed by atoms with Crippen LogP contribution in [0.1, 0.15) is 24.8 Å². The van der Waals surface area contributed by atoms with Crippen molar-refractivity contribution in [2.75, 3.05) is 19.7 Å². The number of piperidine rings is 1. The number of hydrogen-bond acceptors (Lipinski definition) is 5. The number of nitrogens with zero attached hydrogens (tertiary/aromatic N) is 3. The Morgan fingerprint density at radius 3 is 3.10 bits per heavy atom. The highest BCUT2D eigenvalue weighted by Gasteiger charge is 2.42. The lowest BCUT2D eigenvalue weighted by Crippen LogP contribution is -2.41. The quantitative estimate of drug-likeness (QED) is 0.903. The molecule has 0 aliphatic carbocycles. The van der Waals surface area contributed by atoms with Crippen molar-refractivity contribution in [1.29, 1.82) is 0 Å². The van der Waals surface area contributed by atoms with Crippen molar-refractivity contribution in [3.8, 4) is 5.88 Å². The van der Waals surface area contributed by atoms with Gasteiger partial charge in [-0.15, -0.1) is 0 Å². The minimum atomic E-state index is 0.0151. The molecule has 4 heterocycles. The molecule has 21 heavy (non-hydrogen) atoms. The summed E-state index contributed by atoms with van der Waals surface area (Å²) in [6.07, 6.45) is 4.75. The van der Waals surface area contributed by atoms with Crippen LogP contribution >= 0.6 is 0 Å². The van der Waals surface area contributed by atoms with E-state index in [1.54, 1.807) is 10.8 Å². The molecule has 4 rings (SSSR count). The van der Waals surface area contributed by atoms with E-state index in [1.807, 2.05) is 19.1 Å². The van der Waals surface area contributed by atoms with E-state index in [2.05, 4.69) is 15.4 Å². The minimum absolute atomic E-state index is 0.0151. The molecule has 2 aromatic rings. The van der Waals surface area contributed by atoms with Crippen molar-refractivity contribution >= 4 is 5.65 Å². The molecule has 0 radical (unpaired) electrons. The maximum absolute atomic E-state index is 6.17. The van der Waals surface area contributed by atoms with Crippen molar-refractivity contribution in [3.63, 3.8) is 0 Å². The summed E-state index contributed by atoms with van der Waals surface area (Å²) in [5, 5.41) is 7.62. The lowest BCUT2D eigenvalue weighted by molar-refractivity contribution is -0.0206. The van der Waals surface area contributed by atoms with Crippen molar-refractivity contribution < 1.29 is 9.47 Å². The van der Waals surface area contributed by atoms with Gasteiger partial charge in [0.05, 0.1) is 12.2 Å². The van der Waals surface area contributed by atoms with Gasteiger partial charge >= 0.3 is 0 Å². The molecule has 6 heteroatoms. The van der Waals surface area contributed by atoms with E-state index in [-0.39, 0.29) is 11.7 Å². The summed E-state index contributed by atoms with van der Waals surface area (Å²) in [4.78, 5) is 4.23. The van der Waals surface area contributed by atoms with Crippen LogP contribution in [-0.2, 0) is 4.74 Å². The third kappa shape index (κ3) is 2.38. The van der Waals surface area contributed by atoms with E-state index >= 15 is 0 Å². The number of hydrogen-bond donors (Lipinski definition) is 1. The molecule has 0 aromatic carbocycles. The molecule has 6 nitrogen and oxygen atoms in total. The van der Waals surface area contributed by atoms with E-state index in [4.69, 9.17) is 9.47 Å². The first kappa shape index (κ1) is 13.0. The Bertz CT molecular complexity index is 648. The first-order valence-corrected chi connectivity index (χ1v) is 7.56. The van der Waals surface area contributed by atoms with Crippen molar-refractivity contribution in [3.05, 3.63) is 24.0 Å². The first-order chi connectivity index (χ1) is 10.2. The molecular formula is C15H20N4O2. The molecule has 2 aromatic heterocycles. The summed E-state index contributed by atoms with van der Waals surface area (Å²) in [5.74, 6) is 0.752. The summed E-state index contributed by atoms with van der Waals surface area (Å²) < 4.78 is 14.0. The van der Waals surface area contributed by atoms with Gasteiger partial charge in [-0.05, 0) is 44.5 Å². The number of pyridine rings is 1. The normalized spacial score (nSPS) is 24.7. The van der Waals surface area contributed by atoms with Crippen LogP contribution < -0.4 is 10.1 Å². The molecule has 2 aliphatic heterocycles. The maximum Gasteiger partial charge on any atom is 0.217 e. The molecule has 2 fully saturated rings. The van der Waals surface area contributed by atoms with Crippen LogP contribution in [0.15, 0.2) is 18.5 Å². The van der Waals surface area contributed by atoms with Gasteiger partial charge < -0.3 is 14.8 Å². The Kier molecular flexibility index (Phi) is 3.08. The number of rotatable bonds is 2. The summed E-state index contributed by atoms with van der Waals surface area (Å²) in [5.41, 5.74) is 1.96. The zero-order valence-corrected chi connectivity index (χ0v) is 12.2. The Hall–Kier alpha value is -1.66. The average molecular weight is 288 g/mol. The zero-order valence-electron chi connectivity index (χ0n) is 12.2. The van der Waals surface area contributed by atoms with Crippen molar-refractivity contribution in [2.45, 2.75) is 37.9 Å². The van der Waals surface area contributed by atoms with Gasteiger partial charge in [-0.3, -0.25) is 0 Å². The van der Waals surface area contributed by atoms with Gasteiger partial charge in [0.15, 0.2) is 5.65 Å². The van der Waals surface area contributed by atoms with Gasteiger partial charge in [-0.2, -0.15) is 9.61 Å². The lowest BCUT2D eigenvalue weighted by Gasteiger charge is -2.32. The monoisotopic (exact) mass is 288 g/mol. The molecule has 112 valence electrons.